The van der Waals surface area contributed by atoms with E-state index in [0.717, 1.165) is 12.2 Å². The number of carbonyl (C=O) groups excluding carboxylic acids is 1. The van der Waals surface area contributed by atoms with Crippen molar-refractivity contribution in [3.63, 3.8) is 0 Å². The Bertz CT molecular complexity index is 166. The summed E-state index contributed by atoms with van der Waals surface area (Å²) >= 11 is 1.48. The van der Waals surface area contributed by atoms with Crippen LogP contribution in [0.3, 0.4) is 0 Å². The SMILES string of the molecule is CCCCCC(CC(=O)SCC)C(C)C. The van der Waals surface area contributed by atoms with Gasteiger partial charge >= 0.3 is 0 Å². The van der Waals surface area contributed by atoms with Crippen LogP contribution in [0.1, 0.15) is 59.8 Å². The lowest BCUT2D eigenvalue weighted by Crippen LogP contribution is -2.12. The highest BCUT2D eigenvalue weighted by Gasteiger charge is 2.16. The number of hydrogen-bond donors (Lipinski definition) is 0. The van der Waals surface area contributed by atoms with Gasteiger partial charge in [0, 0.05) is 6.42 Å². The maximum atomic E-state index is 11.6. The van der Waals surface area contributed by atoms with Gasteiger partial charge in [0.2, 0.25) is 0 Å². The first-order valence-electron chi connectivity index (χ1n) is 6.27. The van der Waals surface area contributed by atoms with E-state index in [2.05, 4.69) is 20.8 Å². The summed E-state index contributed by atoms with van der Waals surface area (Å²) < 4.78 is 0. The average Bonchev–Trinajstić information content (AvgIpc) is 2.16. The average molecular weight is 230 g/mol. The Morgan fingerprint density at radius 1 is 1.20 bits per heavy atom. The molecule has 0 spiro atoms. The molecule has 2 heteroatoms. The van der Waals surface area contributed by atoms with Crippen molar-refractivity contribution in [2.75, 3.05) is 5.75 Å². The number of hydrogen-bond acceptors (Lipinski definition) is 2. The van der Waals surface area contributed by atoms with Crippen LogP contribution >= 0.6 is 11.8 Å². The van der Waals surface area contributed by atoms with Crippen molar-refractivity contribution in [3.05, 3.63) is 0 Å². The molecule has 0 rings (SSSR count). The number of thioether (sulfide) groups is 1. The Morgan fingerprint density at radius 3 is 2.33 bits per heavy atom. The zero-order valence-electron chi connectivity index (χ0n) is 10.7. The van der Waals surface area contributed by atoms with Crippen molar-refractivity contribution >= 4 is 16.9 Å². The van der Waals surface area contributed by atoms with Gasteiger partial charge in [0.05, 0.1) is 0 Å². The topological polar surface area (TPSA) is 17.1 Å². The highest BCUT2D eigenvalue weighted by Crippen LogP contribution is 2.24. The van der Waals surface area contributed by atoms with Gasteiger partial charge < -0.3 is 0 Å². The summed E-state index contributed by atoms with van der Waals surface area (Å²) in [5, 5.41) is 0.382. The first-order chi connectivity index (χ1) is 7.11. The van der Waals surface area contributed by atoms with Crippen LogP contribution in [0.5, 0.6) is 0 Å². The molecule has 0 aliphatic heterocycles. The second-order valence-electron chi connectivity index (χ2n) is 4.51. The van der Waals surface area contributed by atoms with Crippen LogP contribution < -0.4 is 0 Å². The molecule has 0 N–H and O–H groups in total. The monoisotopic (exact) mass is 230 g/mol. The van der Waals surface area contributed by atoms with Gasteiger partial charge in [-0.05, 0) is 24.0 Å². The first-order valence-corrected chi connectivity index (χ1v) is 7.25. The summed E-state index contributed by atoms with van der Waals surface area (Å²) in [6.45, 7) is 8.74. The highest BCUT2D eigenvalue weighted by atomic mass is 32.2. The molecule has 1 nitrogen and oxygen atoms in total. The van der Waals surface area contributed by atoms with Crippen LogP contribution in [0, 0.1) is 11.8 Å². The van der Waals surface area contributed by atoms with Crippen LogP contribution in [0.25, 0.3) is 0 Å². The minimum Gasteiger partial charge on any atom is -0.287 e. The van der Waals surface area contributed by atoms with Crippen molar-refractivity contribution in [1.29, 1.82) is 0 Å². The smallest absolute Gasteiger partial charge is 0.189 e. The summed E-state index contributed by atoms with van der Waals surface area (Å²) in [5.41, 5.74) is 0. The second-order valence-corrected chi connectivity index (χ2v) is 5.83. The lowest BCUT2D eigenvalue weighted by Gasteiger charge is -2.19. The molecule has 0 saturated heterocycles. The van der Waals surface area contributed by atoms with Gasteiger partial charge in [-0.25, -0.2) is 0 Å². The van der Waals surface area contributed by atoms with Crippen molar-refractivity contribution in [2.45, 2.75) is 59.8 Å². The summed E-state index contributed by atoms with van der Waals surface area (Å²) in [4.78, 5) is 11.6. The first kappa shape index (κ1) is 15.0. The largest absolute Gasteiger partial charge is 0.287 e. The number of rotatable bonds is 8. The fourth-order valence-electron chi connectivity index (χ4n) is 1.76. The Balaban J connectivity index is 3.87. The molecule has 0 aromatic rings. The van der Waals surface area contributed by atoms with E-state index in [1.807, 2.05) is 6.92 Å². The molecule has 15 heavy (non-hydrogen) atoms. The van der Waals surface area contributed by atoms with Crippen molar-refractivity contribution in [3.8, 4) is 0 Å². The summed E-state index contributed by atoms with van der Waals surface area (Å²) in [7, 11) is 0. The summed E-state index contributed by atoms with van der Waals surface area (Å²) in [5.74, 6) is 2.16. The summed E-state index contributed by atoms with van der Waals surface area (Å²) in [6.07, 6.45) is 5.85. The summed E-state index contributed by atoms with van der Waals surface area (Å²) in [6, 6.07) is 0. The van der Waals surface area contributed by atoms with Gasteiger partial charge in [-0.15, -0.1) is 0 Å². The van der Waals surface area contributed by atoms with E-state index in [-0.39, 0.29) is 0 Å². The fourth-order valence-corrected chi connectivity index (χ4v) is 2.42. The molecule has 1 atom stereocenters. The molecule has 0 fully saturated rings. The lowest BCUT2D eigenvalue weighted by molar-refractivity contribution is -0.112. The molecule has 0 radical (unpaired) electrons. The molecular weight excluding hydrogens is 204 g/mol. The zero-order chi connectivity index (χ0) is 11.7. The quantitative estimate of drug-likeness (QED) is 0.571. The van der Waals surface area contributed by atoms with Crippen LogP contribution in [0.4, 0.5) is 0 Å². The standard InChI is InChI=1S/C13H26OS/c1-5-7-8-9-12(11(3)4)10-13(14)15-6-2/h11-12H,5-10H2,1-4H3. The second kappa shape index (κ2) is 9.26. The molecule has 0 aromatic carbocycles. The third-order valence-electron chi connectivity index (χ3n) is 2.86. The van der Waals surface area contributed by atoms with Crippen LogP contribution in [0.2, 0.25) is 0 Å². The zero-order valence-corrected chi connectivity index (χ0v) is 11.5. The molecule has 0 aliphatic carbocycles. The third-order valence-corrected chi connectivity index (χ3v) is 3.63. The van der Waals surface area contributed by atoms with E-state index >= 15 is 0 Å². The van der Waals surface area contributed by atoms with E-state index in [9.17, 15) is 4.79 Å². The van der Waals surface area contributed by atoms with Crippen LogP contribution in [-0.2, 0) is 4.79 Å². The Hall–Kier alpha value is 0.0200. The minimum atomic E-state index is 0.382. The molecule has 0 bridgehead atoms. The van der Waals surface area contributed by atoms with Crippen molar-refractivity contribution < 1.29 is 4.79 Å². The Kier molecular flexibility index (Phi) is 9.27. The maximum absolute atomic E-state index is 11.6. The van der Waals surface area contributed by atoms with Gasteiger partial charge in [-0.1, -0.05) is 58.7 Å². The maximum Gasteiger partial charge on any atom is 0.189 e. The van der Waals surface area contributed by atoms with Gasteiger partial charge in [0.15, 0.2) is 5.12 Å². The minimum absolute atomic E-state index is 0.382. The predicted molar refractivity (Wildman–Crippen MR) is 70.2 cm³/mol. The van der Waals surface area contributed by atoms with Gasteiger partial charge in [0.25, 0.3) is 0 Å². The van der Waals surface area contributed by atoms with E-state index in [4.69, 9.17) is 0 Å². The van der Waals surface area contributed by atoms with E-state index in [1.165, 1.54) is 37.4 Å². The third kappa shape index (κ3) is 7.89. The lowest BCUT2D eigenvalue weighted by atomic mass is 9.88. The van der Waals surface area contributed by atoms with E-state index in [0.29, 0.717) is 17.0 Å². The number of unbranched alkanes of at least 4 members (excludes halogenated alkanes) is 2. The normalized spacial score (nSPS) is 13.1. The van der Waals surface area contributed by atoms with E-state index in [1.54, 1.807) is 0 Å². The van der Waals surface area contributed by atoms with Gasteiger partial charge in [-0.2, -0.15) is 0 Å². The molecular formula is C13H26OS. The molecule has 0 aromatic heterocycles. The van der Waals surface area contributed by atoms with Crippen LogP contribution in [0.15, 0.2) is 0 Å². The van der Waals surface area contributed by atoms with Crippen molar-refractivity contribution in [1.82, 2.24) is 0 Å². The molecule has 0 heterocycles. The fraction of sp³-hybridized carbons (Fsp3) is 0.923. The van der Waals surface area contributed by atoms with E-state index < -0.39 is 0 Å². The highest BCUT2D eigenvalue weighted by molar-refractivity contribution is 8.13. The Labute approximate surface area is 99.4 Å². The molecule has 0 amide bonds. The Morgan fingerprint density at radius 2 is 1.87 bits per heavy atom. The predicted octanol–water partition coefficient (Wildman–Crippen LogP) is 4.51. The molecule has 90 valence electrons. The molecule has 0 saturated carbocycles. The molecule has 0 aliphatic rings. The number of carbonyl (C=O) groups is 1. The van der Waals surface area contributed by atoms with Gasteiger partial charge in [0.1, 0.15) is 0 Å². The van der Waals surface area contributed by atoms with Crippen LogP contribution in [-0.4, -0.2) is 10.9 Å². The van der Waals surface area contributed by atoms with Crippen molar-refractivity contribution in [2.24, 2.45) is 11.8 Å². The molecule has 1 unspecified atom stereocenters. The van der Waals surface area contributed by atoms with Gasteiger partial charge in [-0.3, -0.25) is 4.79 Å².